The predicted molar refractivity (Wildman–Crippen MR) is 62.6 cm³/mol. The molecule has 5 heteroatoms. The van der Waals surface area contributed by atoms with Gasteiger partial charge in [-0.25, -0.2) is 0 Å². The molecule has 0 radical (unpaired) electrons. The van der Waals surface area contributed by atoms with E-state index in [1.807, 2.05) is 0 Å². The van der Waals surface area contributed by atoms with Gasteiger partial charge in [0.2, 0.25) is 0 Å². The van der Waals surface area contributed by atoms with Gasteiger partial charge in [-0.05, 0) is 41.1 Å². The smallest absolute Gasteiger partial charge is 0.251 e. The van der Waals surface area contributed by atoms with Gasteiger partial charge in [0, 0.05) is 22.3 Å². The van der Waals surface area contributed by atoms with Crippen LogP contribution in [0.5, 0.6) is 0 Å². The molecule has 15 heavy (non-hydrogen) atoms. The van der Waals surface area contributed by atoms with Gasteiger partial charge in [-0.2, -0.15) is 0 Å². The number of carbonyl (C=O) groups is 1. The number of nitrogens with two attached hydrogens (primary N) is 1. The lowest BCUT2D eigenvalue weighted by Crippen LogP contribution is -2.30. The summed E-state index contributed by atoms with van der Waals surface area (Å²) in [5, 5.41) is 11.6. The van der Waals surface area contributed by atoms with Crippen molar-refractivity contribution >= 4 is 27.5 Å². The molecule has 0 saturated heterocycles. The zero-order valence-corrected chi connectivity index (χ0v) is 9.91. The molecule has 82 valence electrons. The highest BCUT2D eigenvalue weighted by Crippen LogP contribution is 2.20. The van der Waals surface area contributed by atoms with E-state index in [2.05, 4.69) is 21.2 Å². The lowest BCUT2D eigenvalue weighted by Gasteiger charge is -2.07. The number of nitrogens with one attached hydrogen (secondary N) is 1. The Labute approximate surface area is 96.6 Å². The Morgan fingerprint density at radius 3 is 2.87 bits per heavy atom. The van der Waals surface area contributed by atoms with Crippen LogP contribution in [0.4, 0.5) is 5.69 Å². The van der Waals surface area contributed by atoms with Crippen LogP contribution in [0.15, 0.2) is 22.7 Å². The van der Waals surface area contributed by atoms with Gasteiger partial charge in [0.1, 0.15) is 0 Å². The number of aliphatic hydroxyl groups is 1. The summed E-state index contributed by atoms with van der Waals surface area (Å²) in [6, 6.07) is 4.94. The molecule has 0 aliphatic carbocycles. The van der Waals surface area contributed by atoms with E-state index in [0.717, 1.165) is 0 Å². The molecule has 0 aliphatic heterocycles. The molecule has 0 unspecified atom stereocenters. The van der Waals surface area contributed by atoms with Crippen molar-refractivity contribution < 1.29 is 9.90 Å². The molecular formula is C10H13BrN2O2. The Morgan fingerprint density at radius 1 is 1.67 bits per heavy atom. The number of hydrogen-bond donors (Lipinski definition) is 3. The number of halogens is 1. The van der Waals surface area contributed by atoms with Crippen LogP contribution in [0, 0.1) is 0 Å². The maximum Gasteiger partial charge on any atom is 0.251 e. The first-order chi connectivity index (χ1) is 7.00. The summed E-state index contributed by atoms with van der Waals surface area (Å²) >= 11 is 3.24. The van der Waals surface area contributed by atoms with Crippen LogP contribution in [0.3, 0.4) is 0 Å². The predicted octanol–water partition coefficient (Wildman–Crippen LogP) is 1.14. The molecule has 1 rings (SSSR count). The highest BCUT2D eigenvalue weighted by molar-refractivity contribution is 9.10. The van der Waals surface area contributed by atoms with Crippen molar-refractivity contribution in [3.63, 3.8) is 0 Å². The molecule has 0 aromatic heterocycles. The summed E-state index contributed by atoms with van der Waals surface area (Å²) in [4.78, 5) is 11.5. The lowest BCUT2D eigenvalue weighted by molar-refractivity contribution is 0.0924. The Bertz CT molecular complexity index is 366. The van der Waals surface area contributed by atoms with E-state index in [-0.39, 0.29) is 12.5 Å². The summed E-state index contributed by atoms with van der Waals surface area (Å²) in [5.74, 6) is -0.225. The quantitative estimate of drug-likeness (QED) is 0.723. The van der Waals surface area contributed by atoms with E-state index >= 15 is 0 Å². The number of anilines is 1. The Kier molecular flexibility index (Phi) is 4.11. The monoisotopic (exact) mass is 272 g/mol. The average Bonchev–Trinajstić information content (AvgIpc) is 2.18. The topological polar surface area (TPSA) is 75.3 Å². The molecule has 4 nitrogen and oxygen atoms in total. The number of aliphatic hydroxyl groups excluding tert-OH is 1. The highest BCUT2D eigenvalue weighted by atomic mass is 79.9. The zero-order chi connectivity index (χ0) is 11.4. The molecule has 0 saturated carbocycles. The molecule has 0 aliphatic rings. The van der Waals surface area contributed by atoms with Crippen molar-refractivity contribution in [2.24, 2.45) is 0 Å². The molecular weight excluding hydrogens is 260 g/mol. The van der Waals surface area contributed by atoms with Crippen LogP contribution in [0.25, 0.3) is 0 Å². The van der Waals surface area contributed by atoms with Crippen LogP contribution in [-0.2, 0) is 0 Å². The molecule has 1 aromatic rings. The summed E-state index contributed by atoms with van der Waals surface area (Å²) in [7, 11) is 0. The third-order valence-electron chi connectivity index (χ3n) is 1.82. The van der Waals surface area contributed by atoms with Crippen LogP contribution in [0.2, 0.25) is 0 Å². The second-order valence-electron chi connectivity index (χ2n) is 3.30. The van der Waals surface area contributed by atoms with E-state index in [1.54, 1.807) is 25.1 Å². The summed E-state index contributed by atoms with van der Waals surface area (Å²) < 4.78 is 0.687. The van der Waals surface area contributed by atoms with Gasteiger partial charge >= 0.3 is 0 Å². The fourth-order valence-corrected chi connectivity index (χ4v) is 1.39. The van der Waals surface area contributed by atoms with E-state index in [1.165, 1.54) is 0 Å². The summed E-state index contributed by atoms with van der Waals surface area (Å²) in [6.45, 7) is 1.85. The van der Waals surface area contributed by atoms with E-state index in [0.29, 0.717) is 15.7 Å². The van der Waals surface area contributed by atoms with Crippen LogP contribution >= 0.6 is 15.9 Å². The molecule has 1 atom stereocenters. The van der Waals surface area contributed by atoms with Gasteiger partial charge in [0.25, 0.3) is 5.91 Å². The third-order valence-corrected chi connectivity index (χ3v) is 2.51. The van der Waals surface area contributed by atoms with Gasteiger partial charge in [0.15, 0.2) is 0 Å². The minimum Gasteiger partial charge on any atom is -0.398 e. The Morgan fingerprint density at radius 2 is 2.33 bits per heavy atom. The van der Waals surface area contributed by atoms with Crippen molar-refractivity contribution in [2.45, 2.75) is 13.0 Å². The SMILES string of the molecule is C[C@H](O)CNC(=O)c1ccc(N)c(Br)c1. The highest BCUT2D eigenvalue weighted by Gasteiger charge is 2.07. The summed E-state index contributed by atoms with van der Waals surface area (Å²) in [5.41, 5.74) is 6.69. The number of benzene rings is 1. The van der Waals surface area contributed by atoms with Crippen LogP contribution in [-0.4, -0.2) is 23.7 Å². The number of rotatable bonds is 3. The van der Waals surface area contributed by atoms with Gasteiger partial charge in [-0.1, -0.05) is 0 Å². The maximum absolute atomic E-state index is 11.5. The van der Waals surface area contributed by atoms with Crippen LogP contribution in [0.1, 0.15) is 17.3 Å². The largest absolute Gasteiger partial charge is 0.398 e. The van der Waals surface area contributed by atoms with E-state index in [4.69, 9.17) is 10.8 Å². The van der Waals surface area contributed by atoms with Crippen LogP contribution < -0.4 is 11.1 Å². The number of amides is 1. The molecule has 1 amide bonds. The van der Waals surface area contributed by atoms with Crippen molar-refractivity contribution in [1.82, 2.24) is 5.32 Å². The third kappa shape index (κ3) is 3.53. The van der Waals surface area contributed by atoms with Gasteiger partial charge in [0.05, 0.1) is 6.10 Å². The van der Waals surface area contributed by atoms with Gasteiger partial charge < -0.3 is 16.2 Å². The first-order valence-electron chi connectivity index (χ1n) is 4.52. The van der Waals surface area contributed by atoms with Gasteiger partial charge in [-0.15, -0.1) is 0 Å². The zero-order valence-electron chi connectivity index (χ0n) is 8.33. The number of carbonyl (C=O) groups excluding carboxylic acids is 1. The molecule has 0 fully saturated rings. The second-order valence-corrected chi connectivity index (χ2v) is 4.15. The normalized spacial score (nSPS) is 12.2. The molecule has 0 bridgehead atoms. The fraction of sp³-hybridized carbons (Fsp3) is 0.300. The number of hydrogen-bond acceptors (Lipinski definition) is 3. The Hall–Kier alpha value is -1.07. The van der Waals surface area contributed by atoms with Crippen molar-refractivity contribution in [1.29, 1.82) is 0 Å². The second kappa shape index (κ2) is 5.14. The van der Waals surface area contributed by atoms with Crippen molar-refractivity contribution in [2.75, 3.05) is 12.3 Å². The minimum atomic E-state index is -0.550. The first-order valence-corrected chi connectivity index (χ1v) is 5.31. The van der Waals surface area contributed by atoms with Crippen molar-refractivity contribution in [3.8, 4) is 0 Å². The van der Waals surface area contributed by atoms with Gasteiger partial charge in [-0.3, -0.25) is 4.79 Å². The molecule has 0 spiro atoms. The summed E-state index contributed by atoms with van der Waals surface area (Å²) in [6.07, 6.45) is -0.550. The maximum atomic E-state index is 11.5. The first kappa shape index (κ1) is 12.0. The average molecular weight is 273 g/mol. The van der Waals surface area contributed by atoms with Crippen molar-refractivity contribution in [3.05, 3.63) is 28.2 Å². The molecule has 0 heterocycles. The molecule has 4 N–H and O–H groups in total. The van der Waals surface area contributed by atoms with E-state index in [9.17, 15) is 4.79 Å². The number of nitrogen functional groups attached to an aromatic ring is 1. The fourth-order valence-electron chi connectivity index (χ4n) is 1.01. The standard InChI is InChI=1S/C10H13BrN2O2/c1-6(14)5-13-10(15)7-2-3-9(12)8(11)4-7/h2-4,6,14H,5,12H2,1H3,(H,13,15)/t6-/m0/s1. The Balaban J connectivity index is 2.70. The van der Waals surface area contributed by atoms with E-state index < -0.39 is 6.10 Å². The lowest BCUT2D eigenvalue weighted by atomic mass is 10.2. The molecule has 1 aromatic carbocycles. The minimum absolute atomic E-state index is 0.225.